The van der Waals surface area contributed by atoms with Gasteiger partial charge in [0.15, 0.2) is 5.16 Å². The van der Waals surface area contributed by atoms with Crippen LogP contribution in [0.25, 0.3) is 0 Å². The third kappa shape index (κ3) is 4.20. The maximum atomic E-state index is 13.1. The minimum Gasteiger partial charge on any atom is -0.508 e. The molecule has 0 fully saturated rings. The van der Waals surface area contributed by atoms with Crippen LogP contribution in [-0.2, 0) is 15.3 Å². The number of methoxy groups -OCH3 is 1. The molecule has 0 bridgehead atoms. The predicted octanol–water partition coefficient (Wildman–Crippen LogP) is 3.77. The number of carbonyl (C=O) groups is 1. The van der Waals surface area contributed by atoms with Crippen molar-refractivity contribution in [3.63, 3.8) is 0 Å². The van der Waals surface area contributed by atoms with Gasteiger partial charge in [0.2, 0.25) is 0 Å². The summed E-state index contributed by atoms with van der Waals surface area (Å²) in [6.45, 7) is 1.75. The standard InChI is InChI=1S/C23H21N3O4S/c1-13-17(22(29)30-2)18(15-8-10-16(27)11-9-15)19-20(24-13)25-23(26-21(19)28)31-12-14-6-4-3-5-7-14/h3-11,18,27H,12H2,1-2H3,(H2,24,25,26,28)/t18-/m1/s1. The Morgan fingerprint density at radius 1 is 1.16 bits per heavy atom. The lowest BCUT2D eigenvalue weighted by Gasteiger charge is -2.28. The smallest absolute Gasteiger partial charge is 0.336 e. The summed E-state index contributed by atoms with van der Waals surface area (Å²) >= 11 is 1.42. The van der Waals surface area contributed by atoms with Gasteiger partial charge in [-0.05, 0) is 30.2 Å². The van der Waals surface area contributed by atoms with Crippen LogP contribution in [0.5, 0.6) is 5.75 Å². The van der Waals surface area contributed by atoms with E-state index in [4.69, 9.17) is 4.74 Å². The highest BCUT2D eigenvalue weighted by atomic mass is 32.2. The van der Waals surface area contributed by atoms with Gasteiger partial charge in [-0.1, -0.05) is 54.2 Å². The molecule has 7 nitrogen and oxygen atoms in total. The Labute approximate surface area is 183 Å². The molecule has 3 aromatic rings. The Morgan fingerprint density at radius 3 is 2.55 bits per heavy atom. The highest BCUT2D eigenvalue weighted by Gasteiger charge is 2.36. The summed E-state index contributed by atoms with van der Waals surface area (Å²) in [6.07, 6.45) is 0. The molecule has 0 unspecified atom stereocenters. The van der Waals surface area contributed by atoms with Gasteiger partial charge < -0.3 is 20.1 Å². The van der Waals surface area contributed by atoms with Gasteiger partial charge in [0.05, 0.1) is 24.2 Å². The molecule has 3 N–H and O–H groups in total. The van der Waals surface area contributed by atoms with E-state index in [0.29, 0.717) is 39.1 Å². The van der Waals surface area contributed by atoms with Crippen molar-refractivity contribution in [1.29, 1.82) is 0 Å². The maximum absolute atomic E-state index is 13.1. The van der Waals surface area contributed by atoms with Gasteiger partial charge in [0.25, 0.3) is 5.56 Å². The molecule has 0 saturated carbocycles. The van der Waals surface area contributed by atoms with Gasteiger partial charge >= 0.3 is 5.97 Å². The fraction of sp³-hybridized carbons (Fsp3) is 0.174. The number of anilines is 1. The number of thioether (sulfide) groups is 1. The number of ether oxygens (including phenoxy) is 1. The van der Waals surface area contributed by atoms with E-state index < -0.39 is 11.9 Å². The summed E-state index contributed by atoms with van der Waals surface area (Å²) in [5.74, 6) is -0.0449. The normalized spacial score (nSPS) is 15.2. The highest BCUT2D eigenvalue weighted by Crippen LogP contribution is 2.40. The van der Waals surface area contributed by atoms with E-state index in [0.717, 1.165) is 5.56 Å². The Hall–Kier alpha value is -3.52. The van der Waals surface area contributed by atoms with Crippen molar-refractivity contribution in [3.05, 3.63) is 92.9 Å². The summed E-state index contributed by atoms with van der Waals surface area (Å²) in [7, 11) is 1.30. The molecule has 8 heteroatoms. The molecule has 0 radical (unpaired) electrons. The molecule has 0 amide bonds. The number of aromatic hydroxyl groups is 1. The van der Waals surface area contributed by atoms with Gasteiger partial charge in [-0.3, -0.25) is 4.79 Å². The first-order valence-electron chi connectivity index (χ1n) is 9.64. The largest absolute Gasteiger partial charge is 0.508 e. The summed E-state index contributed by atoms with van der Waals surface area (Å²) in [5.41, 5.74) is 2.69. The van der Waals surface area contributed by atoms with E-state index in [1.807, 2.05) is 30.3 Å². The summed E-state index contributed by atoms with van der Waals surface area (Å²) in [4.78, 5) is 33.2. The summed E-state index contributed by atoms with van der Waals surface area (Å²) in [6, 6.07) is 16.3. The molecule has 1 atom stereocenters. The Kier molecular flexibility index (Phi) is 5.81. The van der Waals surface area contributed by atoms with Gasteiger partial charge in [0.1, 0.15) is 11.6 Å². The minimum atomic E-state index is -0.672. The van der Waals surface area contributed by atoms with E-state index in [-0.39, 0.29) is 11.3 Å². The predicted molar refractivity (Wildman–Crippen MR) is 119 cm³/mol. The second-order valence-corrected chi connectivity index (χ2v) is 8.05. The number of rotatable bonds is 5. The van der Waals surface area contributed by atoms with Crippen LogP contribution in [0.1, 0.15) is 29.5 Å². The lowest BCUT2D eigenvalue weighted by Crippen LogP contribution is -2.30. The van der Waals surface area contributed by atoms with Crippen LogP contribution in [0.2, 0.25) is 0 Å². The van der Waals surface area contributed by atoms with Gasteiger partial charge in [0, 0.05) is 11.4 Å². The number of nitrogens with zero attached hydrogens (tertiary/aromatic N) is 1. The van der Waals surface area contributed by atoms with Crippen LogP contribution in [-0.4, -0.2) is 28.2 Å². The fourth-order valence-corrected chi connectivity index (χ4v) is 4.42. The number of hydrogen-bond acceptors (Lipinski definition) is 7. The van der Waals surface area contributed by atoms with Crippen LogP contribution in [0.15, 0.2) is 75.8 Å². The first-order chi connectivity index (χ1) is 15.0. The van der Waals surface area contributed by atoms with Crippen molar-refractivity contribution in [1.82, 2.24) is 9.97 Å². The van der Waals surface area contributed by atoms with Crippen molar-refractivity contribution >= 4 is 23.5 Å². The minimum absolute atomic E-state index is 0.0953. The molecule has 2 aromatic carbocycles. The third-order valence-corrected chi connectivity index (χ3v) is 6.02. The first-order valence-corrected chi connectivity index (χ1v) is 10.6. The molecule has 1 aromatic heterocycles. The SMILES string of the molecule is COC(=O)C1=C(C)Nc2nc(SCc3ccccc3)[nH]c(=O)c2[C@@H]1c1ccc(O)cc1. The number of aromatic nitrogens is 2. The van der Waals surface area contributed by atoms with Crippen molar-refractivity contribution in [2.45, 2.75) is 23.8 Å². The number of esters is 1. The third-order valence-electron chi connectivity index (χ3n) is 5.07. The number of benzene rings is 2. The monoisotopic (exact) mass is 435 g/mol. The van der Waals surface area contributed by atoms with Gasteiger partial charge in [-0.2, -0.15) is 0 Å². The fourth-order valence-electron chi connectivity index (χ4n) is 3.61. The number of carbonyl (C=O) groups excluding carboxylic acids is 1. The molecule has 0 aliphatic carbocycles. The van der Waals surface area contributed by atoms with Crippen LogP contribution in [0, 0.1) is 0 Å². The summed E-state index contributed by atoms with van der Waals surface area (Å²) < 4.78 is 4.98. The molecule has 0 spiro atoms. The Balaban J connectivity index is 1.77. The molecule has 158 valence electrons. The van der Waals surface area contributed by atoms with Gasteiger partial charge in [-0.25, -0.2) is 9.78 Å². The molecule has 0 saturated heterocycles. The Morgan fingerprint density at radius 2 is 1.87 bits per heavy atom. The van der Waals surface area contributed by atoms with Crippen LogP contribution in [0.4, 0.5) is 5.82 Å². The number of phenols is 1. The second-order valence-electron chi connectivity index (χ2n) is 7.09. The molecular weight excluding hydrogens is 414 g/mol. The van der Waals surface area contributed by atoms with E-state index in [1.54, 1.807) is 19.1 Å². The molecular formula is C23H21N3O4S. The number of fused-ring (bicyclic) bond motifs is 1. The zero-order chi connectivity index (χ0) is 22.0. The first kappa shape index (κ1) is 20.7. The topological polar surface area (TPSA) is 104 Å². The van der Waals surface area contributed by atoms with Crippen molar-refractivity contribution in [3.8, 4) is 5.75 Å². The number of H-pyrrole nitrogens is 1. The molecule has 4 rings (SSSR count). The maximum Gasteiger partial charge on any atom is 0.336 e. The van der Waals surface area contributed by atoms with Gasteiger partial charge in [-0.15, -0.1) is 0 Å². The molecule has 1 aliphatic rings. The molecule has 31 heavy (non-hydrogen) atoms. The van der Waals surface area contributed by atoms with E-state index in [1.165, 1.54) is 31.0 Å². The lowest BCUT2D eigenvalue weighted by atomic mass is 9.82. The average molecular weight is 436 g/mol. The van der Waals surface area contributed by atoms with Crippen molar-refractivity contribution in [2.75, 3.05) is 12.4 Å². The molecule has 2 heterocycles. The second kappa shape index (κ2) is 8.69. The van der Waals surface area contributed by atoms with Crippen molar-refractivity contribution in [2.24, 2.45) is 0 Å². The number of hydrogen-bond donors (Lipinski definition) is 3. The van der Waals surface area contributed by atoms with Crippen molar-refractivity contribution < 1.29 is 14.6 Å². The van der Waals surface area contributed by atoms with E-state index in [9.17, 15) is 14.7 Å². The van der Waals surface area contributed by atoms with Crippen LogP contribution < -0.4 is 10.9 Å². The van der Waals surface area contributed by atoms with Crippen LogP contribution >= 0.6 is 11.8 Å². The van der Waals surface area contributed by atoms with Crippen LogP contribution in [0.3, 0.4) is 0 Å². The zero-order valence-corrected chi connectivity index (χ0v) is 17.8. The number of allylic oxidation sites excluding steroid dienone is 1. The number of phenolic OH excluding ortho intramolecular Hbond substituents is 1. The number of nitrogens with one attached hydrogen (secondary N) is 2. The van der Waals surface area contributed by atoms with E-state index >= 15 is 0 Å². The Bertz CT molecular complexity index is 1200. The lowest BCUT2D eigenvalue weighted by molar-refractivity contribution is -0.136. The summed E-state index contributed by atoms with van der Waals surface area (Å²) in [5, 5.41) is 13.3. The zero-order valence-electron chi connectivity index (χ0n) is 17.0. The molecule has 1 aliphatic heterocycles. The van der Waals surface area contributed by atoms with E-state index in [2.05, 4.69) is 15.3 Å². The number of aromatic amines is 1. The average Bonchev–Trinajstić information content (AvgIpc) is 2.77. The highest BCUT2D eigenvalue weighted by molar-refractivity contribution is 7.98. The quantitative estimate of drug-likeness (QED) is 0.318.